The zero-order chi connectivity index (χ0) is 10.8. The smallest absolute Gasteiger partial charge is 0.373 e. The predicted molar refractivity (Wildman–Crippen MR) is 49.5 cm³/mol. The number of rotatable bonds is 3. The SMILES string of the molecule is CP(=O)(O)Oc1ccc([N+](=O)[O-])cc1. The monoisotopic (exact) mass is 217 g/mol. The summed E-state index contributed by atoms with van der Waals surface area (Å²) in [6, 6.07) is 4.94. The third kappa shape index (κ3) is 3.16. The molecule has 0 fully saturated rings. The highest BCUT2D eigenvalue weighted by atomic mass is 31.2. The molecule has 0 radical (unpaired) electrons. The van der Waals surface area contributed by atoms with Gasteiger partial charge in [-0.25, -0.2) is 4.57 Å². The van der Waals surface area contributed by atoms with Crippen molar-refractivity contribution in [1.82, 2.24) is 0 Å². The number of hydrogen-bond donors (Lipinski definition) is 1. The Labute approximate surface area is 79.8 Å². The molecule has 0 aromatic heterocycles. The summed E-state index contributed by atoms with van der Waals surface area (Å²) in [7, 11) is -3.60. The van der Waals surface area contributed by atoms with Gasteiger partial charge in [0, 0.05) is 18.8 Å². The number of nitro groups is 1. The lowest BCUT2D eigenvalue weighted by molar-refractivity contribution is -0.384. The lowest BCUT2D eigenvalue weighted by Gasteiger charge is -2.07. The van der Waals surface area contributed by atoms with E-state index >= 15 is 0 Å². The zero-order valence-electron chi connectivity index (χ0n) is 7.28. The fraction of sp³-hybridized carbons (Fsp3) is 0.143. The van der Waals surface area contributed by atoms with Crippen molar-refractivity contribution in [3.05, 3.63) is 34.4 Å². The van der Waals surface area contributed by atoms with Crippen LogP contribution in [0.5, 0.6) is 5.75 Å². The predicted octanol–water partition coefficient (Wildman–Crippen LogP) is 1.79. The van der Waals surface area contributed by atoms with Crippen LogP contribution in [0.25, 0.3) is 0 Å². The molecule has 0 saturated heterocycles. The number of hydrogen-bond acceptors (Lipinski definition) is 4. The second-order valence-electron chi connectivity index (χ2n) is 2.65. The van der Waals surface area contributed by atoms with E-state index in [1.165, 1.54) is 24.3 Å². The average Bonchev–Trinajstić information content (AvgIpc) is 2.02. The van der Waals surface area contributed by atoms with Crippen LogP contribution in [0.4, 0.5) is 5.69 Å². The molecule has 1 unspecified atom stereocenters. The highest BCUT2D eigenvalue weighted by Crippen LogP contribution is 2.38. The molecular formula is C7H8NO5P. The summed E-state index contributed by atoms with van der Waals surface area (Å²) in [6.45, 7) is 1.04. The van der Waals surface area contributed by atoms with Gasteiger partial charge in [0.1, 0.15) is 5.75 Å². The molecule has 0 aliphatic heterocycles. The molecule has 1 aromatic carbocycles. The molecule has 0 aliphatic carbocycles. The molecule has 1 rings (SSSR count). The maximum Gasteiger partial charge on any atom is 0.373 e. The van der Waals surface area contributed by atoms with Crippen molar-refractivity contribution in [2.75, 3.05) is 6.66 Å². The minimum absolute atomic E-state index is 0.0961. The van der Waals surface area contributed by atoms with E-state index in [1.807, 2.05) is 0 Å². The first-order valence-corrected chi connectivity index (χ1v) is 5.65. The fourth-order valence-electron chi connectivity index (χ4n) is 0.824. The van der Waals surface area contributed by atoms with E-state index < -0.39 is 12.5 Å². The van der Waals surface area contributed by atoms with Crippen LogP contribution in [-0.4, -0.2) is 16.5 Å². The van der Waals surface area contributed by atoms with Crippen molar-refractivity contribution in [1.29, 1.82) is 0 Å². The average molecular weight is 217 g/mol. The van der Waals surface area contributed by atoms with Crippen LogP contribution in [0.15, 0.2) is 24.3 Å². The van der Waals surface area contributed by atoms with Gasteiger partial charge >= 0.3 is 7.60 Å². The van der Waals surface area contributed by atoms with Crippen LogP contribution in [0.2, 0.25) is 0 Å². The van der Waals surface area contributed by atoms with Gasteiger partial charge in [-0.2, -0.15) is 0 Å². The first-order valence-electron chi connectivity index (χ1n) is 3.63. The van der Waals surface area contributed by atoms with Crippen LogP contribution < -0.4 is 4.52 Å². The molecule has 0 bridgehead atoms. The van der Waals surface area contributed by atoms with Gasteiger partial charge in [0.25, 0.3) is 5.69 Å². The number of nitro benzene ring substituents is 1. The Bertz CT molecular complexity index is 382. The van der Waals surface area contributed by atoms with Crippen LogP contribution >= 0.6 is 7.60 Å². The zero-order valence-corrected chi connectivity index (χ0v) is 8.18. The number of non-ortho nitro benzene ring substituents is 1. The van der Waals surface area contributed by atoms with Crippen LogP contribution in [-0.2, 0) is 4.57 Å². The molecule has 1 aromatic rings. The van der Waals surface area contributed by atoms with E-state index in [-0.39, 0.29) is 11.4 Å². The van der Waals surface area contributed by atoms with Crippen molar-refractivity contribution >= 4 is 13.3 Å². The van der Waals surface area contributed by atoms with Gasteiger partial charge in [-0.1, -0.05) is 0 Å². The lowest BCUT2D eigenvalue weighted by Crippen LogP contribution is -1.90. The molecule has 0 aliphatic rings. The van der Waals surface area contributed by atoms with E-state index in [9.17, 15) is 14.7 Å². The van der Waals surface area contributed by atoms with E-state index in [2.05, 4.69) is 4.52 Å². The second-order valence-corrected chi connectivity index (χ2v) is 4.43. The van der Waals surface area contributed by atoms with Crippen molar-refractivity contribution in [3.8, 4) is 5.75 Å². The summed E-state index contributed by atoms with van der Waals surface area (Å²) in [5, 5.41) is 10.3. The molecule has 0 saturated carbocycles. The Morgan fingerprint density at radius 3 is 2.29 bits per heavy atom. The molecule has 76 valence electrons. The van der Waals surface area contributed by atoms with Gasteiger partial charge in [0.15, 0.2) is 0 Å². The summed E-state index contributed by atoms with van der Waals surface area (Å²) in [6.07, 6.45) is 0. The van der Waals surface area contributed by atoms with Gasteiger partial charge < -0.3 is 9.42 Å². The number of nitrogens with zero attached hydrogens (tertiary/aromatic N) is 1. The van der Waals surface area contributed by atoms with Gasteiger partial charge in [-0.3, -0.25) is 10.1 Å². The summed E-state index contributed by atoms with van der Waals surface area (Å²) < 4.78 is 15.4. The molecule has 0 amide bonds. The van der Waals surface area contributed by atoms with Crippen molar-refractivity contribution in [2.24, 2.45) is 0 Å². The molecule has 14 heavy (non-hydrogen) atoms. The molecule has 1 N–H and O–H groups in total. The van der Waals surface area contributed by atoms with E-state index in [0.717, 1.165) is 6.66 Å². The molecule has 1 atom stereocenters. The summed E-state index contributed by atoms with van der Waals surface area (Å²) >= 11 is 0. The maximum absolute atomic E-state index is 10.8. The van der Waals surface area contributed by atoms with Crippen molar-refractivity contribution in [2.45, 2.75) is 0 Å². The van der Waals surface area contributed by atoms with Crippen LogP contribution in [0, 0.1) is 10.1 Å². The third-order valence-electron chi connectivity index (χ3n) is 1.32. The highest BCUT2D eigenvalue weighted by molar-refractivity contribution is 7.52. The third-order valence-corrected chi connectivity index (χ3v) is 1.87. The molecular weight excluding hydrogens is 209 g/mol. The van der Waals surface area contributed by atoms with E-state index in [0.29, 0.717) is 0 Å². The van der Waals surface area contributed by atoms with Crippen molar-refractivity contribution in [3.63, 3.8) is 0 Å². The quantitative estimate of drug-likeness (QED) is 0.473. The van der Waals surface area contributed by atoms with Crippen LogP contribution in [0.3, 0.4) is 0 Å². The Hall–Kier alpha value is -1.39. The molecule has 0 heterocycles. The lowest BCUT2D eigenvalue weighted by atomic mass is 10.3. The molecule has 7 heteroatoms. The molecule has 6 nitrogen and oxygen atoms in total. The Morgan fingerprint density at radius 1 is 1.43 bits per heavy atom. The summed E-state index contributed by atoms with van der Waals surface area (Å²) in [4.78, 5) is 18.5. The van der Waals surface area contributed by atoms with Gasteiger partial charge in [0.2, 0.25) is 0 Å². The highest BCUT2D eigenvalue weighted by Gasteiger charge is 2.12. The van der Waals surface area contributed by atoms with Crippen molar-refractivity contribution < 1.29 is 18.9 Å². The van der Waals surface area contributed by atoms with Gasteiger partial charge in [-0.15, -0.1) is 0 Å². The topological polar surface area (TPSA) is 89.7 Å². The fourth-order valence-corrected chi connectivity index (χ4v) is 1.34. The minimum atomic E-state index is -3.60. The van der Waals surface area contributed by atoms with Gasteiger partial charge in [0.05, 0.1) is 4.92 Å². The minimum Gasteiger partial charge on any atom is -0.425 e. The van der Waals surface area contributed by atoms with Crippen LogP contribution in [0.1, 0.15) is 0 Å². The largest absolute Gasteiger partial charge is 0.425 e. The Kier molecular flexibility index (Phi) is 2.88. The van der Waals surface area contributed by atoms with Gasteiger partial charge in [-0.05, 0) is 12.1 Å². The first kappa shape index (κ1) is 10.7. The first-order chi connectivity index (χ1) is 6.38. The maximum atomic E-state index is 10.8. The summed E-state index contributed by atoms with van der Waals surface area (Å²) in [5.74, 6) is 0.129. The van der Waals surface area contributed by atoms with E-state index in [4.69, 9.17) is 4.89 Å². The molecule has 0 spiro atoms. The Morgan fingerprint density at radius 2 is 1.93 bits per heavy atom. The second kappa shape index (κ2) is 3.77. The summed E-state index contributed by atoms with van der Waals surface area (Å²) in [5.41, 5.74) is -0.0961. The van der Waals surface area contributed by atoms with E-state index in [1.54, 1.807) is 0 Å². The standard InChI is InChI=1S/C7H8NO5P/c1-14(11,12)13-7-4-2-6(3-5-7)8(9)10/h2-5H,1H3,(H,11,12). The number of benzene rings is 1. The normalized spacial score (nSPS) is 14.4. The Balaban J connectivity index is 2.84.